The molecule has 0 bridgehead atoms. The second kappa shape index (κ2) is 8.81. The fraction of sp³-hybridized carbons (Fsp3) is 0.462. The number of aliphatic hydroxyl groups excluding tert-OH is 1. The molecule has 4 nitrogen and oxygen atoms in total. The van der Waals surface area contributed by atoms with E-state index in [-0.39, 0.29) is 6.61 Å². The van der Waals surface area contributed by atoms with Crippen LogP contribution in [0.3, 0.4) is 0 Å². The molecular weight excluding hydrogens is 248 g/mol. The van der Waals surface area contributed by atoms with Gasteiger partial charge in [-0.2, -0.15) is 17.0 Å². The Morgan fingerprint density at radius 3 is 3.00 bits per heavy atom. The number of aliphatic hydroxyl groups is 1. The van der Waals surface area contributed by atoms with Crippen LogP contribution in [-0.4, -0.2) is 42.9 Å². The van der Waals surface area contributed by atoms with E-state index >= 15 is 0 Å². The van der Waals surface area contributed by atoms with E-state index in [0.29, 0.717) is 17.9 Å². The first-order chi connectivity index (χ1) is 8.77. The average molecular weight is 266 g/mol. The Labute approximate surface area is 112 Å². The number of nitrogens with one attached hydrogen (secondary N) is 1. The summed E-state index contributed by atoms with van der Waals surface area (Å²) in [5, 5.41) is 21.7. The van der Waals surface area contributed by atoms with Gasteiger partial charge in [0.25, 0.3) is 0 Å². The molecule has 18 heavy (non-hydrogen) atoms. The molecule has 0 aliphatic heterocycles. The zero-order valence-electron chi connectivity index (χ0n) is 10.4. The first-order valence-electron chi connectivity index (χ1n) is 5.77. The maximum absolute atomic E-state index is 9.70. The number of ether oxygens (including phenoxy) is 1. The minimum absolute atomic E-state index is 0.185. The van der Waals surface area contributed by atoms with Gasteiger partial charge in [0.1, 0.15) is 24.5 Å². The van der Waals surface area contributed by atoms with Crippen LogP contribution in [0.5, 0.6) is 5.75 Å². The highest BCUT2D eigenvalue weighted by Crippen LogP contribution is 2.16. The molecule has 0 saturated heterocycles. The van der Waals surface area contributed by atoms with Crippen LogP contribution < -0.4 is 10.1 Å². The van der Waals surface area contributed by atoms with E-state index in [2.05, 4.69) is 11.4 Å². The molecule has 0 amide bonds. The van der Waals surface area contributed by atoms with Crippen molar-refractivity contribution < 1.29 is 9.84 Å². The second-order valence-electron chi connectivity index (χ2n) is 3.77. The van der Waals surface area contributed by atoms with Crippen LogP contribution in [0.15, 0.2) is 24.3 Å². The summed E-state index contributed by atoms with van der Waals surface area (Å²) in [6.45, 7) is 1.55. The van der Waals surface area contributed by atoms with Crippen LogP contribution in [0.4, 0.5) is 0 Å². The quantitative estimate of drug-likeness (QED) is 0.693. The third kappa shape index (κ3) is 5.41. The van der Waals surface area contributed by atoms with Gasteiger partial charge in [-0.05, 0) is 18.4 Å². The highest BCUT2D eigenvalue weighted by atomic mass is 32.2. The molecule has 1 aromatic carbocycles. The highest BCUT2D eigenvalue weighted by Gasteiger charge is 2.07. The number of benzene rings is 1. The average Bonchev–Trinajstić information content (AvgIpc) is 2.41. The lowest BCUT2D eigenvalue weighted by molar-refractivity contribution is 0.107. The van der Waals surface area contributed by atoms with Crippen molar-refractivity contribution in [3.8, 4) is 11.8 Å². The Bertz CT molecular complexity index is 393. The molecule has 1 rings (SSSR count). The molecule has 0 spiro atoms. The topological polar surface area (TPSA) is 65.3 Å². The smallest absolute Gasteiger partial charge is 0.137 e. The summed E-state index contributed by atoms with van der Waals surface area (Å²) in [6.07, 6.45) is 1.47. The molecule has 1 atom stereocenters. The summed E-state index contributed by atoms with van der Waals surface area (Å²) >= 11 is 1.76. The van der Waals surface area contributed by atoms with Gasteiger partial charge in [0.05, 0.1) is 5.56 Å². The minimum Gasteiger partial charge on any atom is -0.489 e. The molecule has 1 aromatic rings. The summed E-state index contributed by atoms with van der Waals surface area (Å²) in [5.41, 5.74) is 0.486. The van der Waals surface area contributed by atoms with Gasteiger partial charge in [0, 0.05) is 18.8 Å². The van der Waals surface area contributed by atoms with Gasteiger partial charge < -0.3 is 15.2 Å². The molecule has 0 fully saturated rings. The Balaban J connectivity index is 2.29. The van der Waals surface area contributed by atoms with Crippen molar-refractivity contribution in [3.63, 3.8) is 0 Å². The summed E-state index contributed by atoms with van der Waals surface area (Å²) < 4.78 is 5.43. The van der Waals surface area contributed by atoms with Crippen LogP contribution in [0.25, 0.3) is 0 Å². The summed E-state index contributed by atoms with van der Waals surface area (Å²) in [5.74, 6) is 1.54. The SMILES string of the molecule is CSCCNCC(O)COc1ccccc1C#N. The predicted molar refractivity (Wildman–Crippen MR) is 73.9 cm³/mol. The maximum Gasteiger partial charge on any atom is 0.137 e. The van der Waals surface area contributed by atoms with Crippen molar-refractivity contribution in [2.45, 2.75) is 6.10 Å². The molecule has 0 aromatic heterocycles. The molecule has 5 heteroatoms. The summed E-state index contributed by atoms with van der Waals surface area (Å²) in [4.78, 5) is 0. The molecule has 98 valence electrons. The van der Waals surface area contributed by atoms with Gasteiger partial charge in [-0.15, -0.1) is 0 Å². The van der Waals surface area contributed by atoms with Gasteiger partial charge in [-0.25, -0.2) is 0 Å². The van der Waals surface area contributed by atoms with Crippen LogP contribution in [0.2, 0.25) is 0 Å². The van der Waals surface area contributed by atoms with Crippen molar-refractivity contribution in [3.05, 3.63) is 29.8 Å². The lowest BCUT2D eigenvalue weighted by atomic mass is 10.2. The Morgan fingerprint density at radius 2 is 2.28 bits per heavy atom. The van der Waals surface area contributed by atoms with E-state index in [4.69, 9.17) is 10.00 Å². The van der Waals surface area contributed by atoms with Crippen molar-refractivity contribution in [1.29, 1.82) is 5.26 Å². The van der Waals surface area contributed by atoms with Gasteiger partial charge in [0.2, 0.25) is 0 Å². The number of nitrogens with zero attached hydrogens (tertiary/aromatic N) is 1. The lowest BCUT2D eigenvalue weighted by Crippen LogP contribution is -2.32. The van der Waals surface area contributed by atoms with Gasteiger partial charge in [-0.1, -0.05) is 12.1 Å². The van der Waals surface area contributed by atoms with Crippen molar-refractivity contribution in [2.24, 2.45) is 0 Å². The number of thioether (sulfide) groups is 1. The Kier molecular flexibility index (Phi) is 7.26. The van der Waals surface area contributed by atoms with Crippen LogP contribution in [0, 0.1) is 11.3 Å². The fourth-order valence-corrected chi connectivity index (χ4v) is 1.72. The monoisotopic (exact) mass is 266 g/mol. The fourth-order valence-electron chi connectivity index (χ4n) is 1.37. The van der Waals surface area contributed by atoms with Gasteiger partial charge >= 0.3 is 0 Å². The first kappa shape index (κ1) is 14.8. The Morgan fingerprint density at radius 1 is 1.50 bits per heavy atom. The minimum atomic E-state index is -0.571. The number of nitriles is 1. The van der Waals surface area contributed by atoms with E-state index in [1.165, 1.54) is 0 Å². The molecule has 0 aliphatic rings. The number of hydrogen-bond acceptors (Lipinski definition) is 5. The highest BCUT2D eigenvalue weighted by molar-refractivity contribution is 7.98. The van der Waals surface area contributed by atoms with Crippen LogP contribution in [0.1, 0.15) is 5.56 Å². The zero-order valence-corrected chi connectivity index (χ0v) is 11.2. The Hall–Kier alpha value is -1.22. The molecule has 0 saturated carbocycles. The molecule has 0 aliphatic carbocycles. The van der Waals surface area contributed by atoms with Crippen molar-refractivity contribution in [1.82, 2.24) is 5.32 Å². The standard InChI is InChI=1S/C13H18N2O2S/c1-18-7-6-15-9-12(16)10-17-13-5-3-2-4-11(13)8-14/h2-5,12,15-16H,6-7,9-10H2,1H3. The van der Waals surface area contributed by atoms with E-state index < -0.39 is 6.10 Å². The summed E-state index contributed by atoms with van der Waals surface area (Å²) in [7, 11) is 0. The first-order valence-corrected chi connectivity index (χ1v) is 7.17. The van der Waals surface area contributed by atoms with Crippen LogP contribution in [-0.2, 0) is 0 Å². The zero-order chi connectivity index (χ0) is 13.2. The van der Waals surface area contributed by atoms with Gasteiger partial charge in [0.15, 0.2) is 0 Å². The normalized spacial score (nSPS) is 11.8. The van der Waals surface area contributed by atoms with E-state index in [1.807, 2.05) is 6.26 Å². The third-order valence-electron chi connectivity index (χ3n) is 2.30. The second-order valence-corrected chi connectivity index (χ2v) is 4.76. The van der Waals surface area contributed by atoms with Gasteiger partial charge in [-0.3, -0.25) is 0 Å². The maximum atomic E-state index is 9.70. The van der Waals surface area contributed by atoms with E-state index in [9.17, 15) is 5.11 Å². The molecule has 0 heterocycles. The number of rotatable bonds is 8. The van der Waals surface area contributed by atoms with Crippen molar-refractivity contribution in [2.75, 3.05) is 31.7 Å². The number of para-hydroxylation sites is 1. The van der Waals surface area contributed by atoms with Crippen molar-refractivity contribution >= 4 is 11.8 Å². The predicted octanol–water partition coefficient (Wildman–Crippen LogP) is 1.25. The van der Waals surface area contributed by atoms with Crippen LogP contribution >= 0.6 is 11.8 Å². The largest absolute Gasteiger partial charge is 0.489 e. The third-order valence-corrected chi connectivity index (χ3v) is 2.91. The van der Waals surface area contributed by atoms with E-state index in [1.54, 1.807) is 36.0 Å². The van der Waals surface area contributed by atoms with E-state index in [0.717, 1.165) is 12.3 Å². The molecule has 1 unspecified atom stereocenters. The number of hydrogen-bond donors (Lipinski definition) is 2. The summed E-state index contributed by atoms with van der Waals surface area (Å²) in [6, 6.07) is 9.06. The molecule has 0 radical (unpaired) electrons. The lowest BCUT2D eigenvalue weighted by Gasteiger charge is -2.13. The molecule has 2 N–H and O–H groups in total. The molecular formula is C13H18N2O2S.